The van der Waals surface area contributed by atoms with Crippen LogP contribution in [0.25, 0.3) is 10.9 Å². The second-order valence-electron chi connectivity index (χ2n) is 6.89. The molecule has 3 aromatic rings. The van der Waals surface area contributed by atoms with Gasteiger partial charge in [-0.1, -0.05) is 13.8 Å². The summed E-state index contributed by atoms with van der Waals surface area (Å²) in [6.45, 7) is 4.43. The zero-order valence-electron chi connectivity index (χ0n) is 14.1. The molecule has 4 rings (SSSR count). The minimum absolute atomic E-state index is 0.00776. The monoisotopic (exact) mass is 353 g/mol. The van der Waals surface area contributed by atoms with Crippen LogP contribution in [0.5, 0.6) is 0 Å². The van der Waals surface area contributed by atoms with E-state index in [4.69, 9.17) is 5.84 Å². The van der Waals surface area contributed by atoms with Gasteiger partial charge in [0.05, 0.1) is 11.4 Å². The van der Waals surface area contributed by atoms with E-state index in [0.717, 1.165) is 35.2 Å². The predicted molar refractivity (Wildman–Crippen MR) is 101 cm³/mol. The summed E-state index contributed by atoms with van der Waals surface area (Å²) in [6, 6.07) is 5.70. The first-order chi connectivity index (χ1) is 12.0. The van der Waals surface area contributed by atoms with E-state index in [1.807, 2.05) is 23.6 Å². The van der Waals surface area contributed by atoms with Crippen molar-refractivity contribution in [2.45, 2.75) is 32.1 Å². The van der Waals surface area contributed by atoms with Crippen LogP contribution in [0.3, 0.4) is 0 Å². The molecular formula is C18H19N5OS. The molecule has 1 aromatic carbocycles. The molecule has 2 aromatic heterocycles. The maximum absolute atomic E-state index is 12.5. The van der Waals surface area contributed by atoms with Gasteiger partial charge >= 0.3 is 0 Å². The Kier molecular flexibility index (Phi) is 3.61. The smallest absolute Gasteiger partial charge is 0.257 e. The maximum Gasteiger partial charge on any atom is 0.257 e. The zero-order chi connectivity index (χ0) is 17.6. The highest BCUT2D eigenvalue weighted by molar-refractivity contribution is 7.13. The predicted octanol–water partition coefficient (Wildman–Crippen LogP) is 3.61. The fraction of sp³-hybridized carbons (Fsp3) is 0.278. The SMILES string of the molecule is CC1(C)CC/C(=N\N)c2[nH]c3ccc(C(=O)Nc4nccs4)cc3c21. The molecule has 0 fully saturated rings. The van der Waals surface area contributed by atoms with Crippen LogP contribution in [0, 0.1) is 0 Å². The number of carbonyl (C=O) groups is 1. The van der Waals surface area contributed by atoms with Gasteiger partial charge in [0.2, 0.25) is 0 Å². The number of nitrogens with one attached hydrogen (secondary N) is 2. The van der Waals surface area contributed by atoms with E-state index >= 15 is 0 Å². The zero-order valence-corrected chi connectivity index (χ0v) is 14.9. The number of hydrazone groups is 1. The van der Waals surface area contributed by atoms with Crippen molar-refractivity contribution >= 4 is 39.0 Å². The van der Waals surface area contributed by atoms with E-state index < -0.39 is 0 Å². The Hall–Kier alpha value is -2.67. The first-order valence-corrected chi connectivity index (χ1v) is 9.02. The van der Waals surface area contributed by atoms with Crippen LogP contribution >= 0.6 is 11.3 Å². The lowest BCUT2D eigenvalue weighted by atomic mass is 9.73. The molecule has 0 aliphatic heterocycles. The van der Waals surface area contributed by atoms with E-state index in [9.17, 15) is 4.79 Å². The van der Waals surface area contributed by atoms with Crippen molar-refractivity contribution < 1.29 is 4.79 Å². The first-order valence-electron chi connectivity index (χ1n) is 8.14. The molecule has 0 bridgehead atoms. The van der Waals surface area contributed by atoms with Gasteiger partial charge in [0.25, 0.3) is 5.91 Å². The third-order valence-electron chi connectivity index (χ3n) is 4.82. The number of aromatic amines is 1. The highest BCUT2D eigenvalue weighted by Gasteiger charge is 2.34. The Bertz CT molecular complexity index is 984. The molecule has 0 saturated heterocycles. The fourth-order valence-corrected chi connectivity index (χ4v) is 4.04. The van der Waals surface area contributed by atoms with Crippen LogP contribution < -0.4 is 11.2 Å². The van der Waals surface area contributed by atoms with E-state index in [1.54, 1.807) is 6.20 Å². The summed E-state index contributed by atoms with van der Waals surface area (Å²) in [4.78, 5) is 20.1. The Morgan fingerprint density at radius 1 is 1.44 bits per heavy atom. The van der Waals surface area contributed by atoms with Crippen LogP contribution in [0.15, 0.2) is 34.9 Å². The Morgan fingerprint density at radius 2 is 2.28 bits per heavy atom. The molecular weight excluding hydrogens is 334 g/mol. The highest BCUT2D eigenvalue weighted by atomic mass is 32.1. The van der Waals surface area contributed by atoms with Crippen molar-refractivity contribution in [1.82, 2.24) is 9.97 Å². The van der Waals surface area contributed by atoms with Gasteiger partial charge in [-0.05, 0) is 42.0 Å². The number of nitrogens with zero attached hydrogens (tertiary/aromatic N) is 2. The summed E-state index contributed by atoms with van der Waals surface area (Å²) in [5, 5.41) is 10.3. The number of rotatable bonds is 2. The van der Waals surface area contributed by atoms with Gasteiger partial charge in [-0.3, -0.25) is 10.1 Å². The molecule has 0 saturated carbocycles. The topological polar surface area (TPSA) is 96.2 Å². The normalized spacial score (nSPS) is 17.6. The maximum atomic E-state index is 12.5. The van der Waals surface area contributed by atoms with Gasteiger partial charge in [0.15, 0.2) is 5.13 Å². The van der Waals surface area contributed by atoms with Crippen LogP contribution in [0.1, 0.15) is 48.3 Å². The number of benzene rings is 1. The van der Waals surface area contributed by atoms with Gasteiger partial charge in [-0.25, -0.2) is 4.98 Å². The lowest BCUT2D eigenvalue weighted by molar-refractivity contribution is 0.102. The fourth-order valence-electron chi connectivity index (χ4n) is 3.52. The number of thiazole rings is 1. The molecule has 0 unspecified atom stereocenters. The molecule has 25 heavy (non-hydrogen) atoms. The van der Waals surface area contributed by atoms with Crippen molar-refractivity contribution in [3.8, 4) is 0 Å². The van der Waals surface area contributed by atoms with Gasteiger partial charge in [0, 0.05) is 28.0 Å². The number of anilines is 1. The number of H-pyrrole nitrogens is 1. The summed E-state index contributed by atoms with van der Waals surface area (Å²) < 4.78 is 0. The first kappa shape index (κ1) is 15.8. The number of nitrogens with two attached hydrogens (primary N) is 1. The van der Waals surface area contributed by atoms with Crippen molar-refractivity contribution in [2.24, 2.45) is 10.9 Å². The van der Waals surface area contributed by atoms with Crippen molar-refractivity contribution in [2.75, 3.05) is 5.32 Å². The molecule has 1 amide bonds. The average Bonchev–Trinajstić information content (AvgIpc) is 3.21. The Labute approximate surface area is 149 Å². The third kappa shape index (κ3) is 2.60. The Morgan fingerprint density at radius 3 is 3.00 bits per heavy atom. The molecule has 0 atom stereocenters. The van der Waals surface area contributed by atoms with E-state index in [0.29, 0.717) is 10.7 Å². The lowest BCUT2D eigenvalue weighted by Gasteiger charge is -2.31. The van der Waals surface area contributed by atoms with Gasteiger partial charge in [-0.2, -0.15) is 5.10 Å². The molecule has 4 N–H and O–H groups in total. The largest absolute Gasteiger partial charge is 0.353 e. The molecule has 2 heterocycles. The van der Waals surface area contributed by atoms with E-state index in [1.165, 1.54) is 16.9 Å². The second-order valence-corrected chi connectivity index (χ2v) is 7.78. The Balaban J connectivity index is 1.82. The second kappa shape index (κ2) is 5.70. The average molecular weight is 353 g/mol. The minimum Gasteiger partial charge on any atom is -0.353 e. The summed E-state index contributed by atoms with van der Waals surface area (Å²) in [5.41, 5.74) is 4.66. The third-order valence-corrected chi connectivity index (χ3v) is 5.51. The molecule has 1 aliphatic carbocycles. The van der Waals surface area contributed by atoms with Crippen molar-refractivity contribution in [1.29, 1.82) is 0 Å². The minimum atomic E-state index is -0.159. The summed E-state index contributed by atoms with van der Waals surface area (Å²) in [5.74, 6) is 5.42. The van der Waals surface area contributed by atoms with Crippen LogP contribution in [0.2, 0.25) is 0 Å². The summed E-state index contributed by atoms with van der Waals surface area (Å²) >= 11 is 1.40. The van der Waals surface area contributed by atoms with Crippen LogP contribution in [-0.4, -0.2) is 21.6 Å². The van der Waals surface area contributed by atoms with Crippen LogP contribution in [-0.2, 0) is 5.41 Å². The number of hydrogen-bond donors (Lipinski definition) is 3. The molecule has 128 valence electrons. The molecule has 0 radical (unpaired) electrons. The highest BCUT2D eigenvalue weighted by Crippen LogP contribution is 2.41. The van der Waals surface area contributed by atoms with Gasteiger partial charge in [-0.15, -0.1) is 11.3 Å². The number of carbonyl (C=O) groups excluding carboxylic acids is 1. The van der Waals surface area contributed by atoms with E-state index in [2.05, 4.69) is 34.2 Å². The quantitative estimate of drug-likeness (QED) is 0.485. The molecule has 7 heteroatoms. The molecule has 0 spiro atoms. The van der Waals surface area contributed by atoms with Gasteiger partial charge in [0.1, 0.15) is 0 Å². The number of amides is 1. The molecule has 6 nitrogen and oxygen atoms in total. The van der Waals surface area contributed by atoms with Crippen molar-refractivity contribution in [3.63, 3.8) is 0 Å². The standard InChI is InChI=1S/C18H19N5OS/c1-18(2)6-5-13(23-19)15-14(18)11-9-10(3-4-12(11)21-15)16(24)22-17-20-7-8-25-17/h3-4,7-9,21H,5-6,19H2,1-2H3,(H,20,22,24)/b23-13+. The number of aromatic nitrogens is 2. The lowest BCUT2D eigenvalue weighted by Crippen LogP contribution is -2.27. The van der Waals surface area contributed by atoms with E-state index in [-0.39, 0.29) is 11.3 Å². The van der Waals surface area contributed by atoms with Crippen molar-refractivity contribution in [3.05, 3.63) is 46.6 Å². The van der Waals surface area contributed by atoms with Crippen LogP contribution in [0.4, 0.5) is 5.13 Å². The molecule has 1 aliphatic rings. The number of hydrogen-bond acceptors (Lipinski definition) is 5. The summed E-state index contributed by atoms with van der Waals surface area (Å²) in [6.07, 6.45) is 3.49. The van der Waals surface area contributed by atoms with Gasteiger partial charge < -0.3 is 10.8 Å². The number of fused-ring (bicyclic) bond motifs is 3. The summed E-state index contributed by atoms with van der Waals surface area (Å²) in [7, 11) is 0.